The Kier molecular flexibility index (Phi) is 9.07. The van der Waals surface area contributed by atoms with Crippen LogP contribution < -0.4 is 9.47 Å². The van der Waals surface area contributed by atoms with Gasteiger partial charge in [0.25, 0.3) is 0 Å². The van der Waals surface area contributed by atoms with Gasteiger partial charge in [0.15, 0.2) is 29.8 Å². The predicted molar refractivity (Wildman–Crippen MR) is 139 cm³/mol. The molecule has 0 saturated carbocycles. The molecule has 1 fully saturated rings. The topological polar surface area (TPSA) is 107 Å². The first-order valence-electron chi connectivity index (χ1n) is 12.0. The lowest BCUT2D eigenvalue weighted by molar-refractivity contribution is -0.233. The van der Waals surface area contributed by atoms with Crippen LogP contribution in [0.5, 0.6) is 11.5 Å². The molecule has 11 heteroatoms. The first-order chi connectivity index (χ1) is 18.2. The highest BCUT2D eigenvalue weighted by molar-refractivity contribution is 7.99. The first-order valence-corrected chi connectivity index (χ1v) is 13.7. The van der Waals surface area contributed by atoms with Crippen molar-refractivity contribution in [1.29, 1.82) is 0 Å². The fraction of sp³-hybridized carbons (Fsp3) is 0.444. The maximum Gasteiger partial charge on any atom is 0.303 e. The lowest BCUT2D eigenvalue weighted by atomic mass is 9.92. The highest BCUT2D eigenvalue weighted by Crippen LogP contribution is 2.41. The molecule has 2 aromatic carbocycles. The molecule has 2 heterocycles. The highest BCUT2D eigenvalue weighted by Gasteiger charge is 2.52. The predicted octanol–water partition coefficient (Wildman–Crippen LogP) is 4.26. The van der Waals surface area contributed by atoms with Gasteiger partial charge in [0.1, 0.15) is 24.8 Å². The number of ether oxygens (including phenoxy) is 6. The van der Waals surface area contributed by atoms with Crippen LogP contribution in [0.15, 0.2) is 36.4 Å². The zero-order valence-electron chi connectivity index (χ0n) is 21.4. The fourth-order valence-electron chi connectivity index (χ4n) is 4.56. The molecule has 1 saturated heterocycles. The molecule has 0 N–H and O–H groups in total. The van der Waals surface area contributed by atoms with E-state index >= 15 is 0 Å². The number of esters is 3. The molecule has 9 nitrogen and oxygen atoms in total. The third-order valence-corrected chi connectivity index (χ3v) is 7.25. The van der Waals surface area contributed by atoms with Crippen LogP contribution in [-0.2, 0) is 39.8 Å². The lowest BCUT2D eigenvalue weighted by Gasteiger charge is -2.44. The van der Waals surface area contributed by atoms with Gasteiger partial charge in [-0.2, -0.15) is 0 Å². The molecule has 38 heavy (non-hydrogen) atoms. The van der Waals surface area contributed by atoms with E-state index in [0.717, 1.165) is 11.1 Å². The van der Waals surface area contributed by atoms with Crippen LogP contribution >= 0.6 is 23.4 Å². The number of benzene rings is 2. The van der Waals surface area contributed by atoms with Crippen LogP contribution in [-0.4, -0.2) is 61.1 Å². The van der Waals surface area contributed by atoms with Gasteiger partial charge in [-0.3, -0.25) is 14.4 Å². The zero-order chi connectivity index (χ0) is 27.4. The Labute approximate surface area is 230 Å². The van der Waals surface area contributed by atoms with Crippen molar-refractivity contribution in [2.75, 3.05) is 19.5 Å². The normalized spacial score (nSPS) is 24.3. The molecule has 0 aliphatic carbocycles. The van der Waals surface area contributed by atoms with Crippen LogP contribution in [0.1, 0.15) is 43.6 Å². The molecule has 0 bridgehead atoms. The summed E-state index contributed by atoms with van der Waals surface area (Å²) in [6.45, 7) is 4.73. The summed E-state index contributed by atoms with van der Waals surface area (Å²) in [6.07, 6.45) is -1.71. The molecule has 5 unspecified atom stereocenters. The van der Waals surface area contributed by atoms with Crippen molar-refractivity contribution in [3.05, 3.63) is 58.1 Å². The lowest BCUT2D eigenvalue weighted by Crippen LogP contribution is -2.57. The monoisotopic (exact) mass is 564 g/mol. The van der Waals surface area contributed by atoms with E-state index in [1.54, 1.807) is 18.4 Å². The second-order valence-electron chi connectivity index (χ2n) is 8.89. The minimum atomic E-state index is -1.09. The average Bonchev–Trinajstić information content (AvgIpc) is 2.86. The summed E-state index contributed by atoms with van der Waals surface area (Å²) < 4.78 is 34.3. The van der Waals surface area contributed by atoms with Crippen molar-refractivity contribution in [3.63, 3.8) is 0 Å². The van der Waals surface area contributed by atoms with Crippen LogP contribution in [0, 0.1) is 0 Å². The zero-order valence-corrected chi connectivity index (χ0v) is 23.0. The van der Waals surface area contributed by atoms with Crippen LogP contribution in [0.4, 0.5) is 0 Å². The van der Waals surface area contributed by atoms with Crippen molar-refractivity contribution in [2.45, 2.75) is 57.0 Å². The Morgan fingerprint density at radius 3 is 2.16 bits per heavy atom. The van der Waals surface area contributed by atoms with E-state index in [1.807, 2.05) is 24.3 Å². The second-order valence-corrected chi connectivity index (χ2v) is 10.2. The van der Waals surface area contributed by atoms with E-state index in [-0.39, 0.29) is 0 Å². The van der Waals surface area contributed by atoms with Gasteiger partial charge in [-0.05, 0) is 47.6 Å². The van der Waals surface area contributed by atoms with E-state index in [0.29, 0.717) is 41.7 Å². The van der Waals surface area contributed by atoms with Crippen LogP contribution in [0.3, 0.4) is 0 Å². The number of hydrogen-bond acceptors (Lipinski definition) is 10. The molecular formula is C27H29ClO9S. The van der Waals surface area contributed by atoms with Gasteiger partial charge in [0.05, 0.1) is 0 Å². The van der Waals surface area contributed by atoms with E-state index < -0.39 is 47.8 Å². The Bertz CT molecular complexity index is 1200. The van der Waals surface area contributed by atoms with Gasteiger partial charge in [-0.15, -0.1) is 11.8 Å². The minimum Gasteiger partial charge on any atom is -0.486 e. The van der Waals surface area contributed by atoms with Crippen molar-refractivity contribution in [3.8, 4) is 11.5 Å². The first kappa shape index (κ1) is 28.1. The summed E-state index contributed by atoms with van der Waals surface area (Å²) in [5.41, 5.74) is 1.73. The Morgan fingerprint density at radius 1 is 0.868 bits per heavy atom. The third kappa shape index (κ3) is 6.54. The molecule has 2 aromatic rings. The van der Waals surface area contributed by atoms with Gasteiger partial charge in [-0.1, -0.05) is 29.8 Å². The molecule has 5 atom stereocenters. The molecule has 0 spiro atoms. The fourth-order valence-corrected chi connectivity index (χ4v) is 5.45. The summed E-state index contributed by atoms with van der Waals surface area (Å²) in [6, 6.07) is 11.1. The molecule has 2 aliphatic heterocycles. The van der Waals surface area contributed by atoms with Crippen LogP contribution in [0.25, 0.3) is 0 Å². The van der Waals surface area contributed by atoms with Gasteiger partial charge < -0.3 is 28.4 Å². The molecule has 0 amide bonds. The van der Waals surface area contributed by atoms with Gasteiger partial charge >= 0.3 is 17.9 Å². The molecule has 0 radical (unpaired) electrons. The number of fused-ring (bicyclic) bond motifs is 1. The highest BCUT2D eigenvalue weighted by atomic mass is 35.5. The van der Waals surface area contributed by atoms with Crippen molar-refractivity contribution in [2.24, 2.45) is 0 Å². The van der Waals surface area contributed by atoms with E-state index in [4.69, 9.17) is 40.0 Å². The largest absolute Gasteiger partial charge is 0.486 e. The summed E-state index contributed by atoms with van der Waals surface area (Å²) in [7, 11) is 0. The molecule has 0 aromatic heterocycles. The number of rotatable bonds is 7. The minimum absolute atomic E-state index is 0.484. The van der Waals surface area contributed by atoms with Gasteiger partial charge in [-0.25, -0.2) is 0 Å². The Hall–Kier alpha value is -2.95. The molecule has 2 aliphatic rings. The summed E-state index contributed by atoms with van der Waals surface area (Å²) in [4.78, 5) is 36.0. The van der Waals surface area contributed by atoms with E-state index in [2.05, 4.69) is 0 Å². The van der Waals surface area contributed by atoms with Gasteiger partial charge in [0, 0.05) is 25.8 Å². The standard InChI is InChI=1S/C27H29ClO9S/c1-14(29)34-24-23(37-27(38-4)26(36-16(3)31)25(24)35-15(2)30)18-6-7-20(28)19(13-18)11-17-5-8-21-22(12-17)33-10-9-32-21/h5-8,12-13,23-27H,9-11H2,1-4H3. The van der Waals surface area contributed by atoms with Crippen molar-refractivity contribution >= 4 is 41.3 Å². The number of carbonyl (C=O) groups is 3. The molecule has 204 valence electrons. The number of hydrogen-bond donors (Lipinski definition) is 0. The van der Waals surface area contributed by atoms with Crippen molar-refractivity contribution < 1.29 is 42.8 Å². The van der Waals surface area contributed by atoms with Crippen molar-refractivity contribution in [1.82, 2.24) is 0 Å². The number of thioether (sulfide) groups is 1. The van der Waals surface area contributed by atoms with Gasteiger partial charge in [0.2, 0.25) is 0 Å². The molecular weight excluding hydrogens is 536 g/mol. The summed E-state index contributed by atoms with van der Waals surface area (Å²) >= 11 is 7.86. The second kappa shape index (κ2) is 12.3. The maximum atomic E-state index is 12.1. The summed E-state index contributed by atoms with van der Waals surface area (Å²) in [5, 5.41) is 0.541. The number of carbonyl (C=O) groups excluding carboxylic acids is 3. The SMILES string of the molecule is CSC1OC(c2ccc(Cl)c(Cc3ccc4c(c3)OCCO4)c2)C(OC(C)=O)C(OC(C)=O)C1OC(C)=O. The van der Waals surface area contributed by atoms with Crippen LogP contribution in [0.2, 0.25) is 5.02 Å². The summed E-state index contributed by atoms with van der Waals surface area (Å²) in [5.74, 6) is -0.421. The average molecular weight is 565 g/mol. The van der Waals surface area contributed by atoms with E-state index in [9.17, 15) is 14.4 Å². The molecule has 4 rings (SSSR count). The number of halogens is 1. The third-order valence-electron chi connectivity index (χ3n) is 6.03. The Balaban J connectivity index is 1.69. The smallest absolute Gasteiger partial charge is 0.303 e. The Morgan fingerprint density at radius 2 is 1.50 bits per heavy atom. The van der Waals surface area contributed by atoms with E-state index in [1.165, 1.54) is 32.5 Å². The quantitative estimate of drug-likeness (QED) is 0.358. The maximum absolute atomic E-state index is 12.1.